The van der Waals surface area contributed by atoms with Gasteiger partial charge in [0.25, 0.3) is 0 Å². The maximum Gasteiger partial charge on any atom is 0.131 e. The van der Waals surface area contributed by atoms with E-state index in [9.17, 15) is 4.79 Å². The number of likely N-dealkylation sites (tertiary alicyclic amines) is 1. The number of nitrogens with zero attached hydrogens (tertiary/aromatic N) is 1. The van der Waals surface area contributed by atoms with Gasteiger partial charge in [-0.2, -0.15) is 0 Å². The SMILES string of the molecule is CC(=O)CC1CCCCN1CCC1CCCO1. The zero-order valence-electron chi connectivity index (χ0n) is 11.0. The van der Waals surface area contributed by atoms with Gasteiger partial charge in [-0.25, -0.2) is 0 Å². The lowest BCUT2D eigenvalue weighted by molar-refractivity contribution is -0.118. The van der Waals surface area contributed by atoms with Crippen molar-refractivity contribution in [2.75, 3.05) is 19.7 Å². The maximum absolute atomic E-state index is 11.3. The lowest BCUT2D eigenvalue weighted by atomic mass is 9.97. The highest BCUT2D eigenvalue weighted by Gasteiger charge is 2.25. The second-order valence-corrected chi connectivity index (χ2v) is 5.52. The van der Waals surface area contributed by atoms with Crippen LogP contribution in [0.25, 0.3) is 0 Å². The van der Waals surface area contributed by atoms with Gasteiger partial charge in [-0.05, 0) is 45.6 Å². The van der Waals surface area contributed by atoms with E-state index in [4.69, 9.17) is 4.74 Å². The van der Waals surface area contributed by atoms with Crippen LogP contribution in [0.15, 0.2) is 0 Å². The minimum atomic E-state index is 0.332. The third-order valence-electron chi connectivity index (χ3n) is 4.03. The van der Waals surface area contributed by atoms with Crippen molar-refractivity contribution < 1.29 is 9.53 Å². The van der Waals surface area contributed by atoms with Crippen molar-refractivity contribution in [3.05, 3.63) is 0 Å². The highest BCUT2D eigenvalue weighted by molar-refractivity contribution is 5.76. The molecule has 0 aromatic heterocycles. The summed E-state index contributed by atoms with van der Waals surface area (Å²) in [7, 11) is 0. The lowest BCUT2D eigenvalue weighted by Crippen LogP contribution is -2.41. The molecule has 3 nitrogen and oxygen atoms in total. The average Bonchev–Trinajstić information content (AvgIpc) is 2.80. The van der Waals surface area contributed by atoms with Crippen LogP contribution in [0.2, 0.25) is 0 Å². The molecular formula is C14H25NO2. The third kappa shape index (κ3) is 4.07. The van der Waals surface area contributed by atoms with Crippen LogP contribution in [0.1, 0.15) is 51.9 Å². The number of hydrogen-bond acceptors (Lipinski definition) is 3. The summed E-state index contributed by atoms with van der Waals surface area (Å²) in [5.41, 5.74) is 0. The van der Waals surface area contributed by atoms with Gasteiger partial charge in [0.1, 0.15) is 5.78 Å². The van der Waals surface area contributed by atoms with Gasteiger partial charge in [0.15, 0.2) is 0 Å². The van der Waals surface area contributed by atoms with Crippen molar-refractivity contribution >= 4 is 5.78 Å². The van der Waals surface area contributed by atoms with Gasteiger partial charge in [0, 0.05) is 25.6 Å². The Morgan fingerprint density at radius 3 is 2.88 bits per heavy atom. The van der Waals surface area contributed by atoms with Crippen LogP contribution in [0.4, 0.5) is 0 Å². The Kier molecular flexibility index (Phi) is 4.99. The molecule has 2 rings (SSSR count). The Morgan fingerprint density at radius 1 is 1.29 bits per heavy atom. The molecule has 2 aliphatic rings. The summed E-state index contributed by atoms with van der Waals surface area (Å²) >= 11 is 0. The number of carbonyl (C=O) groups excluding carboxylic acids is 1. The Labute approximate surface area is 105 Å². The van der Waals surface area contributed by atoms with Gasteiger partial charge in [-0.1, -0.05) is 6.42 Å². The number of carbonyl (C=O) groups is 1. The lowest BCUT2D eigenvalue weighted by Gasteiger charge is -2.35. The van der Waals surface area contributed by atoms with Crippen LogP contribution in [-0.2, 0) is 9.53 Å². The van der Waals surface area contributed by atoms with Gasteiger partial charge in [-0.15, -0.1) is 0 Å². The van der Waals surface area contributed by atoms with Gasteiger partial charge < -0.3 is 4.74 Å². The van der Waals surface area contributed by atoms with Gasteiger partial charge in [0.05, 0.1) is 6.10 Å². The van der Waals surface area contributed by atoms with Gasteiger partial charge in [0.2, 0.25) is 0 Å². The van der Waals surface area contributed by atoms with Crippen molar-refractivity contribution in [2.45, 2.75) is 64.0 Å². The predicted molar refractivity (Wildman–Crippen MR) is 68.1 cm³/mol. The molecule has 0 aliphatic carbocycles. The molecule has 2 aliphatic heterocycles. The Morgan fingerprint density at radius 2 is 2.18 bits per heavy atom. The van der Waals surface area contributed by atoms with Crippen LogP contribution >= 0.6 is 0 Å². The number of Topliss-reactive ketones (excluding diaryl/α,β-unsaturated/α-hetero) is 1. The number of ketones is 1. The molecule has 0 amide bonds. The number of hydrogen-bond donors (Lipinski definition) is 0. The van der Waals surface area contributed by atoms with E-state index >= 15 is 0 Å². The van der Waals surface area contributed by atoms with E-state index in [0.29, 0.717) is 17.9 Å². The molecule has 2 heterocycles. The zero-order chi connectivity index (χ0) is 12.1. The first kappa shape index (κ1) is 13.0. The first-order valence-electron chi connectivity index (χ1n) is 7.11. The largest absolute Gasteiger partial charge is 0.378 e. The second-order valence-electron chi connectivity index (χ2n) is 5.52. The Hall–Kier alpha value is -0.410. The molecule has 0 radical (unpaired) electrons. The van der Waals surface area contributed by atoms with Crippen molar-refractivity contribution in [1.82, 2.24) is 4.90 Å². The summed E-state index contributed by atoms with van der Waals surface area (Å²) in [6.45, 7) is 4.95. The van der Waals surface area contributed by atoms with Crippen LogP contribution < -0.4 is 0 Å². The van der Waals surface area contributed by atoms with Crippen LogP contribution in [0, 0.1) is 0 Å². The quantitative estimate of drug-likeness (QED) is 0.738. The summed E-state index contributed by atoms with van der Waals surface area (Å²) in [5, 5.41) is 0. The Balaban J connectivity index is 1.76. The summed E-state index contributed by atoms with van der Waals surface area (Å²) in [6, 6.07) is 0.502. The van der Waals surface area contributed by atoms with E-state index in [1.54, 1.807) is 6.92 Å². The summed E-state index contributed by atoms with van der Waals surface area (Å²) < 4.78 is 5.67. The van der Waals surface area contributed by atoms with E-state index in [-0.39, 0.29) is 0 Å². The molecular weight excluding hydrogens is 214 g/mol. The topological polar surface area (TPSA) is 29.5 Å². The number of rotatable bonds is 5. The smallest absolute Gasteiger partial charge is 0.131 e. The van der Waals surface area contributed by atoms with Crippen LogP contribution in [0.3, 0.4) is 0 Å². The molecule has 17 heavy (non-hydrogen) atoms. The van der Waals surface area contributed by atoms with E-state index in [0.717, 1.165) is 26.0 Å². The molecule has 2 saturated heterocycles. The second kappa shape index (κ2) is 6.50. The molecule has 0 N–H and O–H groups in total. The van der Waals surface area contributed by atoms with Crippen LogP contribution in [0.5, 0.6) is 0 Å². The first-order chi connectivity index (χ1) is 8.25. The molecule has 0 aromatic carbocycles. The number of ether oxygens (including phenoxy) is 1. The minimum Gasteiger partial charge on any atom is -0.378 e. The molecule has 2 atom stereocenters. The molecule has 2 unspecified atom stereocenters. The summed E-state index contributed by atoms with van der Waals surface area (Å²) in [5.74, 6) is 0.332. The third-order valence-corrected chi connectivity index (χ3v) is 4.03. The highest BCUT2D eigenvalue weighted by Crippen LogP contribution is 2.22. The molecule has 0 saturated carbocycles. The molecule has 2 fully saturated rings. The van der Waals surface area contributed by atoms with E-state index in [1.165, 1.54) is 38.6 Å². The molecule has 3 heteroatoms. The fourth-order valence-electron chi connectivity index (χ4n) is 3.10. The van der Waals surface area contributed by atoms with E-state index < -0.39 is 0 Å². The summed E-state index contributed by atoms with van der Waals surface area (Å²) in [6.07, 6.45) is 8.60. The first-order valence-corrected chi connectivity index (χ1v) is 7.11. The Bertz CT molecular complexity index is 249. The van der Waals surface area contributed by atoms with Crippen molar-refractivity contribution in [3.8, 4) is 0 Å². The highest BCUT2D eigenvalue weighted by atomic mass is 16.5. The van der Waals surface area contributed by atoms with Gasteiger partial charge >= 0.3 is 0 Å². The van der Waals surface area contributed by atoms with E-state index in [2.05, 4.69) is 4.90 Å². The zero-order valence-corrected chi connectivity index (χ0v) is 11.0. The predicted octanol–water partition coefficient (Wildman–Crippen LogP) is 2.39. The van der Waals surface area contributed by atoms with Crippen LogP contribution in [-0.4, -0.2) is 42.5 Å². The molecule has 0 bridgehead atoms. The van der Waals surface area contributed by atoms with Crippen molar-refractivity contribution in [3.63, 3.8) is 0 Å². The molecule has 98 valence electrons. The van der Waals surface area contributed by atoms with E-state index in [1.807, 2.05) is 0 Å². The minimum absolute atomic E-state index is 0.332. The molecule has 0 aromatic rings. The molecule has 0 spiro atoms. The van der Waals surface area contributed by atoms with Gasteiger partial charge in [-0.3, -0.25) is 9.69 Å². The van der Waals surface area contributed by atoms with Crippen molar-refractivity contribution in [1.29, 1.82) is 0 Å². The normalized spacial score (nSPS) is 30.6. The monoisotopic (exact) mass is 239 g/mol. The fourth-order valence-corrected chi connectivity index (χ4v) is 3.10. The standard InChI is InChI=1S/C14H25NO2/c1-12(16)11-13-5-2-3-8-15(13)9-7-14-6-4-10-17-14/h13-14H,2-11H2,1H3. The summed E-state index contributed by atoms with van der Waals surface area (Å²) in [4.78, 5) is 13.8. The number of piperidine rings is 1. The maximum atomic E-state index is 11.3. The fraction of sp³-hybridized carbons (Fsp3) is 0.929. The average molecular weight is 239 g/mol. The van der Waals surface area contributed by atoms with Crippen molar-refractivity contribution in [2.24, 2.45) is 0 Å².